The van der Waals surface area contributed by atoms with E-state index in [4.69, 9.17) is 0 Å². The summed E-state index contributed by atoms with van der Waals surface area (Å²) in [6.45, 7) is 2.50. The van der Waals surface area contributed by atoms with E-state index in [9.17, 15) is 8.42 Å². The largest absolute Gasteiger partial charge is 0.244 e. The molecule has 1 N–H and O–H groups in total. The van der Waals surface area contributed by atoms with Crippen LogP contribution in [-0.2, 0) is 16.6 Å². The third kappa shape index (κ3) is 3.64. The fourth-order valence-electron chi connectivity index (χ4n) is 3.14. The summed E-state index contributed by atoms with van der Waals surface area (Å²) in [5.41, 5.74) is 1.65. The molecule has 1 aliphatic rings. The Morgan fingerprint density at radius 2 is 2.14 bits per heavy atom. The van der Waals surface area contributed by atoms with Gasteiger partial charge in [0.25, 0.3) is 0 Å². The molecule has 2 aromatic rings. The minimum absolute atomic E-state index is 0.0330. The summed E-state index contributed by atoms with van der Waals surface area (Å²) in [6, 6.07) is 7.65. The molecule has 1 aliphatic carbocycles. The van der Waals surface area contributed by atoms with Crippen LogP contribution >= 0.6 is 0 Å². The second-order valence-electron chi connectivity index (χ2n) is 6.21. The lowest BCUT2D eigenvalue weighted by Gasteiger charge is -2.27. The molecule has 0 aliphatic heterocycles. The van der Waals surface area contributed by atoms with Crippen molar-refractivity contribution in [2.75, 3.05) is 5.75 Å². The highest BCUT2D eigenvalue weighted by molar-refractivity contribution is 7.89. The Morgan fingerprint density at radius 3 is 2.95 bits per heavy atom. The maximum Gasteiger partial charge on any atom is 0.213 e. The van der Waals surface area contributed by atoms with E-state index in [1.807, 2.05) is 24.3 Å². The smallest absolute Gasteiger partial charge is 0.213 e. The molecule has 0 bridgehead atoms. The van der Waals surface area contributed by atoms with E-state index in [2.05, 4.69) is 22.0 Å². The molecule has 22 heavy (non-hydrogen) atoms. The zero-order valence-corrected chi connectivity index (χ0v) is 13.6. The first-order chi connectivity index (χ1) is 10.5. The number of sulfonamides is 1. The van der Waals surface area contributed by atoms with Crippen LogP contribution in [0.1, 0.15) is 32.6 Å². The summed E-state index contributed by atoms with van der Waals surface area (Å²) in [6.07, 6.45) is 4.17. The third-order valence-corrected chi connectivity index (χ3v) is 5.69. The standard InChI is InChI=1S/C15H22N4O2S/c1-12-5-4-6-13(11-12)17-22(20,21)10-9-19-15-8-3-2-7-14(15)16-18-19/h2-3,7-8,12-13,17H,4-6,9-11H2,1H3/t12-,13+/m0/s1. The van der Waals surface area contributed by atoms with Crippen LogP contribution in [-0.4, -0.2) is 35.2 Å². The number of aromatic nitrogens is 3. The Balaban J connectivity index is 1.62. The van der Waals surface area contributed by atoms with Crippen molar-refractivity contribution in [1.82, 2.24) is 19.7 Å². The van der Waals surface area contributed by atoms with Crippen molar-refractivity contribution in [3.05, 3.63) is 24.3 Å². The lowest BCUT2D eigenvalue weighted by molar-refractivity contribution is 0.327. The molecule has 7 heteroatoms. The second kappa shape index (κ2) is 6.34. The normalized spacial score (nSPS) is 23.0. The van der Waals surface area contributed by atoms with Crippen molar-refractivity contribution in [3.8, 4) is 0 Å². The summed E-state index contributed by atoms with van der Waals surface area (Å²) in [5, 5.41) is 8.07. The van der Waals surface area contributed by atoms with Gasteiger partial charge in [-0.1, -0.05) is 37.1 Å². The molecule has 2 atom stereocenters. The van der Waals surface area contributed by atoms with E-state index in [0.29, 0.717) is 12.5 Å². The Labute approximate surface area is 130 Å². The molecule has 1 aromatic heterocycles. The molecule has 120 valence electrons. The van der Waals surface area contributed by atoms with Gasteiger partial charge < -0.3 is 0 Å². The van der Waals surface area contributed by atoms with Crippen molar-refractivity contribution in [3.63, 3.8) is 0 Å². The van der Waals surface area contributed by atoms with Gasteiger partial charge in [-0.25, -0.2) is 17.8 Å². The summed E-state index contributed by atoms with van der Waals surface area (Å²) < 4.78 is 29.0. The predicted octanol–water partition coefficient (Wildman–Crippen LogP) is 1.93. The zero-order valence-electron chi connectivity index (χ0n) is 12.8. The quantitative estimate of drug-likeness (QED) is 0.912. The van der Waals surface area contributed by atoms with E-state index < -0.39 is 10.0 Å². The number of aryl methyl sites for hydroxylation is 1. The van der Waals surface area contributed by atoms with Gasteiger partial charge in [0, 0.05) is 6.04 Å². The monoisotopic (exact) mass is 322 g/mol. The summed E-state index contributed by atoms with van der Waals surface area (Å²) >= 11 is 0. The molecule has 0 saturated heterocycles. The Kier molecular flexibility index (Phi) is 4.44. The van der Waals surface area contributed by atoms with E-state index in [1.165, 1.54) is 6.42 Å². The van der Waals surface area contributed by atoms with Crippen molar-refractivity contribution in [1.29, 1.82) is 0 Å². The average Bonchev–Trinajstić information content (AvgIpc) is 2.88. The van der Waals surface area contributed by atoms with Gasteiger partial charge in [0.2, 0.25) is 10.0 Å². The minimum atomic E-state index is -3.29. The van der Waals surface area contributed by atoms with Crippen molar-refractivity contribution in [2.45, 2.75) is 45.2 Å². The van der Waals surface area contributed by atoms with Crippen LogP contribution < -0.4 is 4.72 Å². The molecule has 3 rings (SSSR count). The van der Waals surface area contributed by atoms with Crippen LogP contribution in [0.5, 0.6) is 0 Å². The number of fused-ring (bicyclic) bond motifs is 1. The van der Waals surface area contributed by atoms with E-state index in [-0.39, 0.29) is 11.8 Å². The SMILES string of the molecule is C[C@H]1CCC[C@@H](NS(=O)(=O)CCn2nnc3ccccc32)C1. The molecule has 1 fully saturated rings. The lowest BCUT2D eigenvalue weighted by Crippen LogP contribution is -2.39. The van der Waals surface area contributed by atoms with Gasteiger partial charge in [0.05, 0.1) is 17.8 Å². The number of benzene rings is 1. The highest BCUT2D eigenvalue weighted by Gasteiger charge is 2.23. The predicted molar refractivity (Wildman–Crippen MR) is 85.9 cm³/mol. The maximum absolute atomic E-state index is 12.3. The van der Waals surface area contributed by atoms with Crippen LogP contribution in [0.25, 0.3) is 11.0 Å². The first kappa shape index (κ1) is 15.4. The van der Waals surface area contributed by atoms with Crippen molar-refractivity contribution < 1.29 is 8.42 Å². The van der Waals surface area contributed by atoms with Crippen LogP contribution in [0.2, 0.25) is 0 Å². The maximum atomic E-state index is 12.3. The Bertz CT molecular complexity index is 741. The van der Waals surface area contributed by atoms with E-state index in [0.717, 1.165) is 30.3 Å². The van der Waals surface area contributed by atoms with E-state index in [1.54, 1.807) is 4.68 Å². The lowest BCUT2D eigenvalue weighted by atomic mass is 9.88. The van der Waals surface area contributed by atoms with Gasteiger partial charge in [-0.05, 0) is 30.9 Å². The molecule has 0 spiro atoms. The molecule has 6 nitrogen and oxygen atoms in total. The number of hydrogen-bond donors (Lipinski definition) is 1. The molecule has 1 aromatic carbocycles. The Morgan fingerprint density at radius 1 is 1.32 bits per heavy atom. The summed E-state index contributed by atoms with van der Waals surface area (Å²) in [5.74, 6) is 0.631. The highest BCUT2D eigenvalue weighted by Crippen LogP contribution is 2.24. The van der Waals surface area contributed by atoms with Gasteiger partial charge in [-0.15, -0.1) is 5.10 Å². The van der Waals surface area contributed by atoms with Crippen molar-refractivity contribution >= 4 is 21.1 Å². The first-order valence-corrected chi connectivity index (χ1v) is 9.47. The number of para-hydroxylation sites is 1. The number of nitrogens with one attached hydrogen (secondary N) is 1. The first-order valence-electron chi connectivity index (χ1n) is 7.82. The van der Waals surface area contributed by atoms with Gasteiger partial charge in [-0.2, -0.15) is 0 Å². The molecular weight excluding hydrogens is 300 g/mol. The van der Waals surface area contributed by atoms with Gasteiger partial charge >= 0.3 is 0 Å². The van der Waals surface area contributed by atoms with Crippen LogP contribution in [0.4, 0.5) is 0 Å². The molecule has 1 heterocycles. The number of nitrogens with zero attached hydrogens (tertiary/aromatic N) is 3. The third-order valence-electron chi connectivity index (χ3n) is 4.27. The number of rotatable bonds is 5. The molecule has 0 unspecified atom stereocenters. The van der Waals surface area contributed by atoms with Crippen LogP contribution in [0, 0.1) is 5.92 Å². The summed E-state index contributed by atoms with van der Waals surface area (Å²) in [4.78, 5) is 0. The molecular formula is C15H22N4O2S. The van der Waals surface area contributed by atoms with Crippen molar-refractivity contribution in [2.24, 2.45) is 5.92 Å². The van der Waals surface area contributed by atoms with Crippen LogP contribution in [0.15, 0.2) is 24.3 Å². The second-order valence-corrected chi connectivity index (χ2v) is 8.08. The van der Waals surface area contributed by atoms with Gasteiger partial charge in [0.15, 0.2) is 0 Å². The molecule has 0 amide bonds. The fraction of sp³-hybridized carbons (Fsp3) is 0.600. The average molecular weight is 322 g/mol. The Hall–Kier alpha value is -1.47. The zero-order chi connectivity index (χ0) is 15.6. The van der Waals surface area contributed by atoms with E-state index >= 15 is 0 Å². The van der Waals surface area contributed by atoms with Gasteiger partial charge in [0.1, 0.15) is 5.52 Å². The molecule has 1 saturated carbocycles. The number of hydrogen-bond acceptors (Lipinski definition) is 4. The minimum Gasteiger partial charge on any atom is -0.244 e. The highest BCUT2D eigenvalue weighted by atomic mass is 32.2. The fourth-order valence-corrected chi connectivity index (χ4v) is 4.40. The topological polar surface area (TPSA) is 76.9 Å². The van der Waals surface area contributed by atoms with Gasteiger partial charge in [-0.3, -0.25) is 0 Å². The molecule has 0 radical (unpaired) electrons. The summed E-state index contributed by atoms with van der Waals surface area (Å²) in [7, 11) is -3.29. The van der Waals surface area contributed by atoms with Crippen LogP contribution in [0.3, 0.4) is 0 Å².